The Balaban J connectivity index is 1.94. The second-order valence-electron chi connectivity index (χ2n) is 6.60. The summed E-state index contributed by atoms with van der Waals surface area (Å²) in [5.41, 5.74) is -0.365. The number of carbonyl (C=O) groups is 2. The summed E-state index contributed by atoms with van der Waals surface area (Å²) in [6.45, 7) is 1.54. The Kier molecular flexibility index (Phi) is 6.56. The number of rotatable bonds is 8. The predicted octanol–water partition coefficient (Wildman–Crippen LogP) is 2.76. The molecule has 1 unspecified atom stereocenters. The molecule has 0 aliphatic rings. The lowest BCUT2D eigenvalue weighted by Gasteiger charge is -2.18. The fourth-order valence-corrected chi connectivity index (χ4v) is 2.93. The second-order valence-corrected chi connectivity index (χ2v) is 6.60. The number of carbonyl (C=O) groups excluding carboxylic acids is 2. The van der Waals surface area contributed by atoms with Gasteiger partial charge in [-0.25, -0.2) is 4.79 Å². The molecule has 0 saturated carbocycles. The van der Waals surface area contributed by atoms with Gasteiger partial charge in [0.05, 0.1) is 20.8 Å². The minimum Gasteiger partial charge on any atom is -0.502 e. The van der Waals surface area contributed by atoms with Crippen molar-refractivity contribution in [1.29, 1.82) is 0 Å². The molecule has 1 atom stereocenters. The summed E-state index contributed by atoms with van der Waals surface area (Å²) < 4.78 is 20.6. The molecule has 0 fully saturated rings. The highest BCUT2D eigenvalue weighted by molar-refractivity contribution is 6.00. The molecule has 2 aromatic heterocycles. The molecule has 162 valence electrons. The van der Waals surface area contributed by atoms with Crippen LogP contribution in [0.2, 0.25) is 0 Å². The van der Waals surface area contributed by atoms with Crippen molar-refractivity contribution < 1.29 is 33.0 Å². The molecular formula is C22H21NO8. The highest BCUT2D eigenvalue weighted by atomic mass is 16.5. The van der Waals surface area contributed by atoms with Crippen LogP contribution >= 0.6 is 0 Å². The Bertz CT molecular complexity index is 1140. The summed E-state index contributed by atoms with van der Waals surface area (Å²) in [6, 6.07) is 9.26. The molecule has 31 heavy (non-hydrogen) atoms. The van der Waals surface area contributed by atoms with Gasteiger partial charge in [-0.15, -0.1) is 0 Å². The first-order valence-corrected chi connectivity index (χ1v) is 9.26. The third kappa shape index (κ3) is 4.84. The van der Waals surface area contributed by atoms with Crippen LogP contribution in [0.5, 0.6) is 11.5 Å². The topological polar surface area (TPSA) is 128 Å². The quantitative estimate of drug-likeness (QED) is 0.412. The van der Waals surface area contributed by atoms with Gasteiger partial charge in [0.25, 0.3) is 0 Å². The maximum absolute atomic E-state index is 13.2. The van der Waals surface area contributed by atoms with Gasteiger partial charge >= 0.3 is 5.97 Å². The Morgan fingerprint density at radius 2 is 1.81 bits per heavy atom. The number of Topliss-reactive ketones (excluding diaryl/α,β-unsaturated/α-hetero) is 1. The Hall–Kier alpha value is -3.85. The average molecular weight is 427 g/mol. The lowest BCUT2D eigenvalue weighted by Crippen LogP contribution is -2.29. The summed E-state index contributed by atoms with van der Waals surface area (Å²) in [7, 11) is 2.74. The number of aryl methyl sites for hydroxylation is 1. The molecule has 9 heteroatoms. The number of methoxy groups -OCH3 is 2. The van der Waals surface area contributed by atoms with Crippen molar-refractivity contribution in [2.24, 2.45) is 0 Å². The van der Waals surface area contributed by atoms with Crippen LogP contribution in [-0.4, -0.2) is 31.1 Å². The standard InChI is InChI=1S/C22H21NO8/c1-12-10-16(24)20(26)21(30-12)18(19(25)13-4-6-14(28-2)7-5-13)23-11-15-8-9-17(31-15)22(27)29-3/h4-10,18,23,26H,11H2,1-3H3. The summed E-state index contributed by atoms with van der Waals surface area (Å²) in [5.74, 6) is -0.837. The van der Waals surface area contributed by atoms with Crippen LogP contribution in [0.3, 0.4) is 0 Å². The molecule has 2 N–H and O–H groups in total. The number of benzene rings is 1. The molecule has 0 bridgehead atoms. The smallest absolute Gasteiger partial charge is 0.373 e. The van der Waals surface area contributed by atoms with E-state index in [2.05, 4.69) is 10.1 Å². The fourth-order valence-electron chi connectivity index (χ4n) is 2.93. The average Bonchev–Trinajstić information content (AvgIpc) is 3.25. The number of furan rings is 1. The molecule has 3 rings (SSSR count). The van der Waals surface area contributed by atoms with Gasteiger partial charge in [0.15, 0.2) is 11.5 Å². The van der Waals surface area contributed by atoms with Crippen molar-refractivity contribution >= 4 is 11.8 Å². The van der Waals surface area contributed by atoms with Crippen molar-refractivity contribution in [2.45, 2.75) is 19.5 Å². The van der Waals surface area contributed by atoms with Crippen molar-refractivity contribution in [3.63, 3.8) is 0 Å². The number of esters is 1. The Labute approximate surface area is 177 Å². The zero-order chi connectivity index (χ0) is 22.5. The highest BCUT2D eigenvalue weighted by Crippen LogP contribution is 2.27. The number of hydrogen-bond acceptors (Lipinski definition) is 9. The lowest BCUT2D eigenvalue weighted by atomic mass is 10.0. The van der Waals surface area contributed by atoms with Gasteiger partial charge in [-0.05, 0) is 43.3 Å². The third-order valence-electron chi connectivity index (χ3n) is 4.50. The minimum atomic E-state index is -1.20. The molecule has 2 heterocycles. The summed E-state index contributed by atoms with van der Waals surface area (Å²) >= 11 is 0. The lowest BCUT2D eigenvalue weighted by molar-refractivity contribution is 0.0562. The van der Waals surface area contributed by atoms with E-state index in [1.807, 2.05) is 0 Å². The minimum absolute atomic E-state index is 0.000643. The van der Waals surface area contributed by atoms with Gasteiger partial charge in [0.1, 0.15) is 23.3 Å². The summed E-state index contributed by atoms with van der Waals surface area (Å²) in [6.07, 6.45) is 0. The van der Waals surface area contributed by atoms with E-state index >= 15 is 0 Å². The van der Waals surface area contributed by atoms with Crippen LogP contribution in [0.25, 0.3) is 0 Å². The first kappa shape index (κ1) is 21.8. The molecule has 0 radical (unpaired) electrons. The fraction of sp³-hybridized carbons (Fsp3) is 0.227. The maximum Gasteiger partial charge on any atom is 0.373 e. The molecule has 3 aromatic rings. The van der Waals surface area contributed by atoms with Gasteiger partial charge in [0.2, 0.25) is 16.9 Å². The van der Waals surface area contributed by atoms with Crippen molar-refractivity contribution in [3.05, 3.63) is 81.3 Å². The van der Waals surface area contributed by atoms with E-state index in [-0.39, 0.29) is 23.8 Å². The molecule has 0 aliphatic heterocycles. The van der Waals surface area contributed by atoms with Gasteiger partial charge in [-0.2, -0.15) is 0 Å². The zero-order valence-electron chi connectivity index (χ0n) is 17.1. The van der Waals surface area contributed by atoms with Crippen LogP contribution in [0.15, 0.2) is 56.1 Å². The van der Waals surface area contributed by atoms with Crippen molar-refractivity contribution in [1.82, 2.24) is 5.32 Å². The SMILES string of the molecule is COC(=O)c1ccc(CNC(C(=O)c2ccc(OC)cc2)c2oc(C)cc(=O)c2O)o1. The van der Waals surface area contributed by atoms with Gasteiger partial charge in [-0.1, -0.05) is 0 Å². The molecular weight excluding hydrogens is 406 g/mol. The van der Waals surface area contributed by atoms with Crippen molar-refractivity contribution in [2.75, 3.05) is 14.2 Å². The van der Waals surface area contributed by atoms with E-state index in [1.165, 1.54) is 27.2 Å². The summed E-state index contributed by atoms with van der Waals surface area (Å²) in [5, 5.41) is 13.2. The number of ether oxygens (including phenoxy) is 2. The first-order valence-electron chi connectivity index (χ1n) is 9.26. The predicted molar refractivity (Wildman–Crippen MR) is 108 cm³/mol. The van der Waals surface area contributed by atoms with Crippen molar-refractivity contribution in [3.8, 4) is 11.5 Å². The van der Waals surface area contributed by atoms with E-state index in [9.17, 15) is 19.5 Å². The first-order chi connectivity index (χ1) is 14.8. The van der Waals surface area contributed by atoms with E-state index in [0.29, 0.717) is 17.1 Å². The van der Waals surface area contributed by atoms with E-state index in [4.69, 9.17) is 13.6 Å². The van der Waals surface area contributed by atoms with E-state index < -0.39 is 29.0 Å². The highest BCUT2D eigenvalue weighted by Gasteiger charge is 2.29. The molecule has 0 spiro atoms. The molecule has 0 saturated heterocycles. The Morgan fingerprint density at radius 1 is 1.10 bits per heavy atom. The largest absolute Gasteiger partial charge is 0.502 e. The van der Waals surface area contributed by atoms with Crippen LogP contribution in [-0.2, 0) is 11.3 Å². The monoisotopic (exact) mass is 427 g/mol. The molecule has 0 aliphatic carbocycles. The molecule has 0 amide bonds. The second kappa shape index (κ2) is 9.31. The normalized spacial score (nSPS) is 11.7. The number of aromatic hydroxyl groups is 1. The molecule has 1 aromatic carbocycles. The van der Waals surface area contributed by atoms with Gasteiger partial charge in [0, 0.05) is 11.6 Å². The van der Waals surface area contributed by atoms with Crippen LogP contribution < -0.4 is 15.5 Å². The summed E-state index contributed by atoms with van der Waals surface area (Å²) in [4.78, 5) is 36.8. The third-order valence-corrected chi connectivity index (χ3v) is 4.50. The zero-order valence-corrected chi connectivity index (χ0v) is 17.1. The number of nitrogens with one attached hydrogen (secondary N) is 1. The van der Waals surface area contributed by atoms with Crippen LogP contribution in [0, 0.1) is 6.92 Å². The number of ketones is 1. The molecule has 9 nitrogen and oxygen atoms in total. The van der Waals surface area contributed by atoms with Gasteiger partial charge < -0.3 is 23.4 Å². The van der Waals surface area contributed by atoms with Crippen LogP contribution in [0.1, 0.15) is 44.2 Å². The van der Waals surface area contributed by atoms with E-state index in [0.717, 1.165) is 6.07 Å². The Morgan fingerprint density at radius 3 is 2.45 bits per heavy atom. The van der Waals surface area contributed by atoms with Gasteiger partial charge in [-0.3, -0.25) is 14.9 Å². The number of hydrogen-bond donors (Lipinski definition) is 2. The maximum atomic E-state index is 13.2. The van der Waals surface area contributed by atoms with E-state index in [1.54, 1.807) is 30.3 Å². The van der Waals surface area contributed by atoms with Crippen LogP contribution in [0.4, 0.5) is 0 Å².